The number of azo groups is 1. The van der Waals surface area contributed by atoms with Gasteiger partial charge < -0.3 is 14.5 Å². The van der Waals surface area contributed by atoms with Gasteiger partial charge >= 0.3 is 0 Å². The maximum absolute atomic E-state index is 11.8. The van der Waals surface area contributed by atoms with Crippen molar-refractivity contribution in [3.8, 4) is 16.9 Å². The van der Waals surface area contributed by atoms with E-state index in [-0.39, 0.29) is 5.91 Å². The van der Waals surface area contributed by atoms with Crippen molar-refractivity contribution >= 4 is 33.5 Å². The molecule has 1 aliphatic heterocycles. The summed E-state index contributed by atoms with van der Waals surface area (Å²) >= 11 is 0. The molecule has 0 spiro atoms. The molecule has 2 heterocycles. The first-order valence-electron chi connectivity index (χ1n) is 13.7. The third kappa shape index (κ3) is 4.71. The summed E-state index contributed by atoms with van der Waals surface area (Å²) in [5.74, 6) is 0.904. The number of nitrogens with one attached hydrogen (secondary N) is 1. The van der Waals surface area contributed by atoms with Crippen LogP contribution in [0, 0.1) is 0 Å². The number of fused-ring (bicyclic) bond motifs is 2. The molecular weight excluding hydrogens is 524 g/mol. The zero-order valence-electron chi connectivity index (χ0n) is 22.8. The van der Waals surface area contributed by atoms with Crippen LogP contribution in [0.25, 0.3) is 33.0 Å². The Kier molecular flexibility index (Phi) is 6.32. The number of nitrogens with zero attached hydrogens (tertiary/aromatic N) is 3. The van der Waals surface area contributed by atoms with Crippen molar-refractivity contribution < 1.29 is 13.9 Å². The second kappa shape index (κ2) is 10.4. The third-order valence-electron chi connectivity index (χ3n) is 7.37. The Hall–Kier alpha value is -5.56. The summed E-state index contributed by atoms with van der Waals surface area (Å²) < 4.78 is 12.4. The topological polar surface area (TPSA) is 89.1 Å². The van der Waals surface area contributed by atoms with Crippen molar-refractivity contribution in [2.24, 2.45) is 10.2 Å². The molecule has 1 unspecified atom stereocenters. The van der Waals surface area contributed by atoms with E-state index in [1.165, 1.54) is 6.92 Å². The third-order valence-corrected chi connectivity index (χ3v) is 7.37. The van der Waals surface area contributed by atoms with Gasteiger partial charge in [0.05, 0.1) is 5.69 Å². The lowest BCUT2D eigenvalue weighted by atomic mass is 9.89. The van der Waals surface area contributed by atoms with Gasteiger partial charge in [-0.3, -0.25) is 4.79 Å². The quantitative estimate of drug-likeness (QED) is 0.216. The van der Waals surface area contributed by atoms with Gasteiger partial charge in [-0.2, -0.15) is 10.2 Å². The Morgan fingerprint density at radius 2 is 1.60 bits per heavy atom. The highest BCUT2D eigenvalue weighted by Crippen LogP contribution is 2.41. The minimum absolute atomic E-state index is 0.159. The molecule has 1 aliphatic rings. The molecule has 6 aromatic rings. The molecule has 1 N–H and O–H groups in total. The lowest BCUT2D eigenvalue weighted by molar-refractivity contribution is -0.114. The zero-order valence-corrected chi connectivity index (χ0v) is 22.8. The summed E-state index contributed by atoms with van der Waals surface area (Å²) in [7, 11) is 0. The number of hydrogen-bond donors (Lipinski definition) is 1. The Labute approximate surface area is 242 Å². The van der Waals surface area contributed by atoms with E-state index < -0.39 is 5.54 Å². The molecule has 0 saturated carbocycles. The molecule has 5 aromatic carbocycles. The summed E-state index contributed by atoms with van der Waals surface area (Å²) in [5, 5.41) is 13.8. The van der Waals surface area contributed by atoms with Crippen LogP contribution in [0.5, 0.6) is 5.75 Å². The maximum Gasteiger partial charge on any atom is 0.234 e. The van der Waals surface area contributed by atoms with Crippen LogP contribution in [0.3, 0.4) is 0 Å². The second-order valence-corrected chi connectivity index (χ2v) is 10.2. The summed E-state index contributed by atoms with van der Waals surface area (Å²) in [4.78, 5) is 16.7. The average Bonchev–Trinajstić information content (AvgIpc) is 3.68. The minimum Gasteiger partial charge on any atom is -0.487 e. The fourth-order valence-corrected chi connectivity index (χ4v) is 5.23. The number of oxazole rings is 1. The predicted molar refractivity (Wildman–Crippen MR) is 163 cm³/mol. The maximum atomic E-state index is 11.8. The monoisotopic (exact) mass is 550 g/mol. The minimum atomic E-state index is -0.955. The second-order valence-electron chi connectivity index (χ2n) is 10.2. The first-order chi connectivity index (χ1) is 20.6. The zero-order chi connectivity index (χ0) is 28.5. The van der Waals surface area contributed by atoms with Gasteiger partial charge in [-0.15, -0.1) is 0 Å². The number of benzene rings is 5. The van der Waals surface area contributed by atoms with Crippen molar-refractivity contribution in [1.29, 1.82) is 0 Å². The molecule has 42 heavy (non-hydrogen) atoms. The summed E-state index contributed by atoms with van der Waals surface area (Å²) in [6.07, 6.45) is 3.58. The number of anilines is 1. The van der Waals surface area contributed by atoms with Gasteiger partial charge in [0.2, 0.25) is 17.3 Å². The van der Waals surface area contributed by atoms with Gasteiger partial charge in [0, 0.05) is 13.1 Å². The van der Waals surface area contributed by atoms with E-state index in [0.29, 0.717) is 29.5 Å². The highest BCUT2D eigenvalue weighted by atomic mass is 16.5. The Balaban J connectivity index is 1.22. The SMILES string of the molecule is CC(=O)Nc1ccc(-c2ccc(C3(c4nc5cc6ccccc6cc5o4)C=CN=N3)cc2)cc1OCc1ccccc1. The van der Waals surface area contributed by atoms with E-state index >= 15 is 0 Å². The summed E-state index contributed by atoms with van der Waals surface area (Å²) in [5.41, 5.74) is 5.00. The van der Waals surface area contributed by atoms with E-state index in [4.69, 9.17) is 14.1 Å². The van der Waals surface area contributed by atoms with E-state index in [0.717, 1.165) is 38.5 Å². The van der Waals surface area contributed by atoms with Crippen molar-refractivity contribution in [3.05, 3.63) is 138 Å². The normalized spacial score (nSPS) is 15.8. The Morgan fingerprint density at radius 1 is 0.857 bits per heavy atom. The van der Waals surface area contributed by atoms with E-state index in [1.807, 2.05) is 103 Å². The van der Waals surface area contributed by atoms with Gasteiger partial charge in [0.25, 0.3) is 0 Å². The number of amides is 1. The molecule has 0 fully saturated rings. The molecule has 1 aromatic heterocycles. The predicted octanol–water partition coefficient (Wildman–Crippen LogP) is 8.41. The van der Waals surface area contributed by atoms with Crippen molar-refractivity contribution in [2.75, 3.05) is 5.32 Å². The number of carbonyl (C=O) groups is 1. The first-order valence-corrected chi connectivity index (χ1v) is 13.7. The van der Waals surface area contributed by atoms with Crippen molar-refractivity contribution in [2.45, 2.75) is 19.1 Å². The van der Waals surface area contributed by atoms with Gasteiger partial charge in [0.1, 0.15) is 17.9 Å². The molecular formula is C35H26N4O3. The van der Waals surface area contributed by atoms with E-state index in [2.05, 4.69) is 27.7 Å². The first kappa shape index (κ1) is 25.4. The number of hydrogen-bond acceptors (Lipinski definition) is 6. The molecule has 204 valence electrons. The lowest BCUT2D eigenvalue weighted by Crippen LogP contribution is -2.21. The molecule has 0 radical (unpaired) electrons. The summed E-state index contributed by atoms with van der Waals surface area (Å²) in [6, 6.07) is 36.0. The molecule has 0 aliphatic carbocycles. The van der Waals surface area contributed by atoms with Gasteiger partial charge in [-0.05, 0) is 63.4 Å². The van der Waals surface area contributed by atoms with Gasteiger partial charge in [-0.25, -0.2) is 4.98 Å². The summed E-state index contributed by atoms with van der Waals surface area (Å²) in [6.45, 7) is 1.87. The van der Waals surface area contributed by atoms with Crippen molar-refractivity contribution in [3.63, 3.8) is 0 Å². The van der Waals surface area contributed by atoms with Crippen LogP contribution in [0.15, 0.2) is 136 Å². The number of rotatable bonds is 7. The number of aromatic nitrogens is 1. The Bertz CT molecular complexity index is 1930. The molecule has 0 bridgehead atoms. The molecule has 7 heteroatoms. The van der Waals surface area contributed by atoms with Crippen LogP contribution in [0.2, 0.25) is 0 Å². The van der Waals surface area contributed by atoms with Crippen LogP contribution in [0.4, 0.5) is 5.69 Å². The van der Waals surface area contributed by atoms with Crippen LogP contribution < -0.4 is 10.1 Å². The van der Waals surface area contributed by atoms with E-state index in [1.54, 1.807) is 6.20 Å². The highest BCUT2D eigenvalue weighted by molar-refractivity contribution is 5.94. The average molecular weight is 551 g/mol. The van der Waals surface area contributed by atoms with Crippen LogP contribution in [-0.4, -0.2) is 10.9 Å². The molecule has 0 saturated heterocycles. The fraction of sp³-hybridized carbons (Fsp3) is 0.0857. The molecule has 1 atom stereocenters. The highest BCUT2D eigenvalue weighted by Gasteiger charge is 2.39. The number of carbonyl (C=O) groups excluding carboxylic acids is 1. The largest absolute Gasteiger partial charge is 0.487 e. The lowest BCUT2D eigenvalue weighted by Gasteiger charge is -2.20. The fourth-order valence-electron chi connectivity index (χ4n) is 5.23. The molecule has 7 nitrogen and oxygen atoms in total. The van der Waals surface area contributed by atoms with Crippen molar-refractivity contribution in [1.82, 2.24) is 4.98 Å². The van der Waals surface area contributed by atoms with Gasteiger partial charge in [0.15, 0.2) is 5.58 Å². The van der Waals surface area contributed by atoms with Crippen LogP contribution in [-0.2, 0) is 16.9 Å². The standard InChI is InChI=1S/C35H26N4O3/c1-23(40)37-30-16-13-28(20-32(30)41-22-24-7-3-2-4-8-24)25-11-14-29(15-12-25)35(17-18-36-39-35)34-38-31-19-26-9-5-6-10-27(26)21-33(31)42-34/h2-21H,22H2,1H3,(H,37,40). The Morgan fingerprint density at radius 3 is 2.33 bits per heavy atom. The molecule has 7 rings (SSSR count). The molecule has 1 amide bonds. The van der Waals surface area contributed by atoms with Gasteiger partial charge in [-0.1, -0.05) is 84.9 Å². The van der Waals surface area contributed by atoms with Crippen LogP contribution in [0.1, 0.15) is 23.9 Å². The smallest absolute Gasteiger partial charge is 0.234 e. The van der Waals surface area contributed by atoms with Crippen LogP contribution >= 0.6 is 0 Å². The number of ether oxygens (including phenoxy) is 1. The van der Waals surface area contributed by atoms with E-state index in [9.17, 15) is 4.79 Å².